The fourth-order valence-electron chi connectivity index (χ4n) is 12.6. The summed E-state index contributed by atoms with van der Waals surface area (Å²) < 4.78 is 52.5. The van der Waals surface area contributed by atoms with Crippen molar-refractivity contribution < 1.29 is 107 Å². The molecule has 0 radical (unpaired) electrons. The number of ether oxygens (including phenoxy) is 10. The number of benzene rings is 5. The number of hydrogen-bond donors (Lipinski definition) is 3. The Morgan fingerprint density at radius 2 is 0.758 bits per heavy atom. The number of nitro benzene ring substituents is 1. The van der Waals surface area contributed by atoms with E-state index in [-0.39, 0.29) is 47.6 Å². The van der Waals surface area contributed by atoms with Crippen molar-refractivity contribution in [3.05, 3.63) is 160 Å². The SMILES string of the molecule is CC(C)(C)OC(=O)OC(=O)OC(C)(C)C.COc1cc(N2CCN(C)CC2)ccc1N.COc1cc(N2CCN(C)CC2)ccc1N(C(=O)OC(C)(C)C)c1cc(Cl)ncn1.COc1cc(N2CCN(C)CC2)ccc1N(C(=O)OC(C)(C)C)c1cc(Nc2cccc([N+](=O)[O-])c2)ncn1.COc1cc(N2CCN(C)CC2)ccc1NC(=O)OC(C)(C)C.Clc1cc(Cl)ncn1.[H-].[Na+]. The molecule has 4 saturated heterocycles. The van der Waals surface area contributed by atoms with Crippen LogP contribution < -0.4 is 94.3 Å². The smallest absolute Gasteiger partial charge is 1.00 e. The van der Waals surface area contributed by atoms with Crippen LogP contribution in [-0.2, 0) is 28.4 Å². The van der Waals surface area contributed by atoms with E-state index in [2.05, 4.69) is 119 Å². The van der Waals surface area contributed by atoms with Crippen LogP contribution in [0.3, 0.4) is 0 Å². The summed E-state index contributed by atoms with van der Waals surface area (Å²) >= 11 is 16.9. The number of likely N-dealkylation sites (N-methyl/N-ethyl adjacent to an activating group) is 4. The summed E-state index contributed by atoms with van der Waals surface area (Å²) in [6.07, 6.45) is 0.0927. The van der Waals surface area contributed by atoms with Gasteiger partial charge < -0.3 is 99.0 Å². The van der Waals surface area contributed by atoms with Crippen molar-refractivity contribution in [2.45, 2.75) is 132 Å². The maximum Gasteiger partial charge on any atom is 1.00 e. The predicted octanol–water partition coefficient (Wildman–Crippen LogP) is 14.5. The minimum Gasteiger partial charge on any atom is -1.00 e. The van der Waals surface area contributed by atoms with Gasteiger partial charge in [-0.2, -0.15) is 0 Å². The molecule has 4 aliphatic heterocycles. The Bertz CT molecular complexity index is 5030. The number of nitro groups is 1. The number of rotatable bonds is 16. The quantitative estimate of drug-likeness (QED) is 0.0118. The van der Waals surface area contributed by atoms with Gasteiger partial charge in [0.15, 0.2) is 0 Å². The molecular weight excluding hydrogens is 1770 g/mol. The number of halogens is 3. The molecule has 0 bridgehead atoms. The molecule has 4 N–H and O–H groups in total. The molecule has 132 heavy (non-hydrogen) atoms. The minimum atomic E-state index is -1.06. The van der Waals surface area contributed by atoms with E-state index in [1.165, 1.54) is 58.7 Å². The molecule has 4 aliphatic rings. The summed E-state index contributed by atoms with van der Waals surface area (Å²) in [5.74, 6) is 3.27. The number of nitrogens with one attached hydrogen (secondary N) is 2. The van der Waals surface area contributed by atoms with Crippen LogP contribution in [0.4, 0.5) is 98.3 Å². The largest absolute Gasteiger partial charge is 1.00 e. The van der Waals surface area contributed by atoms with E-state index >= 15 is 0 Å². The first-order valence-electron chi connectivity index (χ1n) is 42.3. The van der Waals surface area contributed by atoms with Crippen LogP contribution in [0, 0.1) is 10.1 Å². The van der Waals surface area contributed by atoms with Gasteiger partial charge in [0, 0.05) is 188 Å². The second-order valence-corrected chi connectivity index (χ2v) is 36.7. The third-order valence-electron chi connectivity index (χ3n) is 19.1. The maximum absolute atomic E-state index is 13.5. The molecule has 0 saturated carbocycles. The van der Waals surface area contributed by atoms with Gasteiger partial charge >= 0.3 is 60.1 Å². The van der Waals surface area contributed by atoms with Crippen LogP contribution in [0.25, 0.3) is 0 Å². The average Bonchev–Trinajstić information content (AvgIpc) is 0.796. The number of methoxy groups -OCH3 is 4. The molecule has 12 rings (SSSR count). The fraction of sp³-hybridized carbons (Fsp3) is 0.484. The molecule has 37 nitrogen and oxygen atoms in total. The van der Waals surface area contributed by atoms with Gasteiger partial charge in [0.25, 0.3) is 5.69 Å². The zero-order valence-corrected chi connectivity index (χ0v) is 84.5. The molecule has 41 heteroatoms. The molecular formula is C91H128Cl3N20NaO17. The van der Waals surface area contributed by atoms with Crippen LogP contribution in [0.5, 0.6) is 23.0 Å². The van der Waals surface area contributed by atoms with E-state index in [9.17, 15) is 34.1 Å². The summed E-state index contributed by atoms with van der Waals surface area (Å²) in [5.41, 5.74) is 9.42. The molecule has 7 heterocycles. The molecule has 4 fully saturated rings. The van der Waals surface area contributed by atoms with Gasteiger partial charge in [-0.3, -0.25) is 15.4 Å². The van der Waals surface area contributed by atoms with Crippen molar-refractivity contribution in [3.63, 3.8) is 0 Å². The molecule has 716 valence electrons. The number of anilines is 12. The van der Waals surface area contributed by atoms with E-state index in [0.717, 1.165) is 128 Å². The van der Waals surface area contributed by atoms with Gasteiger partial charge in [-0.05, 0) is 187 Å². The van der Waals surface area contributed by atoms with E-state index < -0.39 is 63.5 Å². The van der Waals surface area contributed by atoms with Crippen LogP contribution >= 0.6 is 34.8 Å². The number of nitrogen functional groups attached to an aromatic ring is 1. The van der Waals surface area contributed by atoms with Crippen molar-refractivity contribution in [2.75, 3.05) is 207 Å². The van der Waals surface area contributed by atoms with Gasteiger partial charge in [-0.1, -0.05) is 40.9 Å². The van der Waals surface area contributed by atoms with Gasteiger partial charge in [0.1, 0.15) is 103 Å². The van der Waals surface area contributed by atoms with Gasteiger partial charge in [0.05, 0.1) is 56.1 Å². The number of amides is 3. The Morgan fingerprint density at radius 1 is 0.417 bits per heavy atom. The van der Waals surface area contributed by atoms with Gasteiger partial charge in [0.2, 0.25) is 0 Å². The molecule has 3 aromatic heterocycles. The molecule has 0 spiro atoms. The van der Waals surface area contributed by atoms with Gasteiger partial charge in [-0.25, -0.2) is 63.7 Å². The van der Waals surface area contributed by atoms with E-state index in [0.29, 0.717) is 67.6 Å². The zero-order valence-electron chi connectivity index (χ0n) is 81.3. The summed E-state index contributed by atoms with van der Waals surface area (Å²) in [6, 6.07) is 33.8. The topological polar surface area (TPSA) is 381 Å². The number of hydrogen-bond acceptors (Lipinski definition) is 33. The predicted molar refractivity (Wildman–Crippen MR) is 514 cm³/mol. The number of aromatic nitrogens is 6. The fourth-order valence-corrected chi connectivity index (χ4v) is 13.1. The molecule has 0 atom stereocenters. The van der Waals surface area contributed by atoms with Crippen molar-refractivity contribution in [1.82, 2.24) is 49.5 Å². The standard InChI is InChI=1S/C27H33N7O5.C21H28ClN5O3.C17H27N3O3.C12H19N3O.C10H18O5.C4H2Cl2N2.Na.H/c1-27(2,3)39-26(35)33(22-10-9-20(16-23(22)38-5)32-13-11-31(4)12-14-32)25-17-24(28-18-29-25)30-19-7-6-8-21(15-19)34(36)37;1-21(2,3)30-20(28)27(19-13-18(22)23-14-24-19)16-7-6-15(12-17(16)29-5)26-10-8-25(4)9-11-26;1-17(2,3)23-16(21)18-14-7-6-13(12-15(14)22-5)20-10-8-19(4)9-11-20;1-14-5-7-15(8-6-14)10-3-4-11(13)12(9-10)16-2;1-9(2,3)14-7(11)13-8(12)15-10(4,5)6;5-3-1-4(6)8-2-7-3;;/h6-10,15-18H,11-14H2,1-5H3,(H,28,29,30);6-7,12-14H,8-11H2,1-5H3;6-7,12H,8-11H2,1-5H3,(H,18,21);3-4,9H,5-8,13H2,1-2H3;1-6H3;1-2H;;/q;;;;;;+1;-1. The second-order valence-electron chi connectivity index (χ2n) is 35.5. The Hall–Kier alpha value is -11.0. The molecule has 0 aliphatic carbocycles. The number of carbonyl (C=O) groups excluding carboxylic acids is 5. The number of piperazine rings is 4. The summed E-state index contributed by atoms with van der Waals surface area (Å²) in [7, 11) is 14.9. The Kier molecular flexibility index (Phi) is 42.2. The van der Waals surface area contributed by atoms with Crippen molar-refractivity contribution in [2.24, 2.45) is 0 Å². The van der Waals surface area contributed by atoms with E-state index in [1.807, 2.05) is 108 Å². The second kappa shape index (κ2) is 50.7. The first kappa shape index (κ1) is 110. The number of non-ortho nitro benzene ring substituents is 1. The van der Waals surface area contributed by atoms with Crippen LogP contribution in [-0.4, -0.2) is 274 Å². The average molecular weight is 1900 g/mol. The Balaban J connectivity index is 0.000000298. The van der Waals surface area contributed by atoms with Crippen LogP contribution in [0.1, 0.15) is 105 Å². The molecule has 0 unspecified atom stereocenters. The summed E-state index contributed by atoms with van der Waals surface area (Å²) in [6.45, 7) is 42.2. The number of nitrogens with two attached hydrogens (primary N) is 1. The van der Waals surface area contributed by atoms with Crippen molar-refractivity contribution >= 4 is 140 Å². The minimum absolute atomic E-state index is 0. The number of carbonyl (C=O) groups is 5. The molecule has 5 aromatic carbocycles. The van der Waals surface area contributed by atoms with Crippen molar-refractivity contribution in [1.29, 1.82) is 0 Å². The Morgan fingerprint density at radius 3 is 1.11 bits per heavy atom. The monoisotopic (exact) mass is 1900 g/mol. The molecule has 3 amide bonds. The van der Waals surface area contributed by atoms with Crippen LogP contribution in [0.15, 0.2) is 134 Å². The third kappa shape index (κ3) is 37.6. The zero-order chi connectivity index (χ0) is 96.9. The summed E-state index contributed by atoms with van der Waals surface area (Å²) in [4.78, 5) is 116. The van der Waals surface area contributed by atoms with Crippen LogP contribution in [0.2, 0.25) is 15.5 Å². The van der Waals surface area contributed by atoms with E-state index in [1.54, 1.807) is 109 Å². The first-order valence-corrected chi connectivity index (χ1v) is 43.5. The normalized spacial score (nSPS) is 14.4. The summed E-state index contributed by atoms with van der Waals surface area (Å²) in [5, 5.41) is 17.9. The number of nitrogens with zero attached hydrogens (tertiary/aromatic N) is 17. The first-order chi connectivity index (χ1) is 61.5. The third-order valence-corrected chi connectivity index (χ3v) is 19.7. The molecule has 8 aromatic rings. The Labute approximate surface area is 812 Å². The maximum atomic E-state index is 13.5. The van der Waals surface area contributed by atoms with E-state index in [4.69, 9.17) is 83.2 Å². The van der Waals surface area contributed by atoms with Gasteiger partial charge in [-0.15, -0.1) is 0 Å². The van der Waals surface area contributed by atoms with Crippen molar-refractivity contribution in [3.8, 4) is 23.0 Å².